The lowest BCUT2D eigenvalue weighted by molar-refractivity contribution is -0.152. The Morgan fingerprint density at radius 2 is 1.89 bits per heavy atom. The van der Waals surface area contributed by atoms with Gasteiger partial charge in [-0.15, -0.1) is 11.3 Å². The number of carbonyl (C=O) groups excluding carboxylic acids is 3. The van der Waals surface area contributed by atoms with Crippen LogP contribution in [0, 0.1) is 40.9 Å². The second-order valence-corrected chi connectivity index (χ2v) is 24.7. The predicted molar refractivity (Wildman–Crippen MR) is 286 cm³/mol. The fourth-order valence-corrected chi connectivity index (χ4v) is 14.0. The summed E-state index contributed by atoms with van der Waals surface area (Å²) in [4.78, 5) is 55.2. The molecule has 3 aromatic heterocycles. The van der Waals surface area contributed by atoms with E-state index in [1.165, 1.54) is 16.9 Å². The van der Waals surface area contributed by atoms with Gasteiger partial charge < -0.3 is 33.9 Å². The monoisotopic (exact) mass is 1040 g/mol. The Kier molecular flexibility index (Phi) is 15.9. The number of ether oxygens (including phenoxy) is 4. The van der Waals surface area contributed by atoms with E-state index in [2.05, 4.69) is 106 Å². The Morgan fingerprint density at radius 1 is 1.07 bits per heavy atom. The smallest absolute Gasteiger partial charge is 0.243 e. The minimum absolute atomic E-state index is 0.00343. The Morgan fingerprint density at radius 3 is 2.65 bits per heavy atom. The third-order valence-electron chi connectivity index (χ3n) is 17.4. The van der Waals surface area contributed by atoms with Gasteiger partial charge in [-0.3, -0.25) is 29.3 Å². The number of morpholine rings is 1. The number of thiazole rings is 1. The number of Topliss-reactive ketones (excluding diaryl/α,β-unsaturated/α-hetero) is 1. The van der Waals surface area contributed by atoms with Crippen LogP contribution in [-0.2, 0) is 46.3 Å². The van der Waals surface area contributed by atoms with Gasteiger partial charge in [-0.25, -0.2) is 10.4 Å². The van der Waals surface area contributed by atoms with E-state index < -0.39 is 23.5 Å². The highest BCUT2D eigenvalue weighted by Gasteiger charge is 2.57. The van der Waals surface area contributed by atoms with Gasteiger partial charge in [0.25, 0.3) is 0 Å². The van der Waals surface area contributed by atoms with E-state index in [-0.39, 0.29) is 67.3 Å². The maximum atomic E-state index is 14.9. The fourth-order valence-electron chi connectivity index (χ4n) is 13.0. The highest BCUT2D eigenvalue weighted by atomic mass is 32.1. The van der Waals surface area contributed by atoms with Crippen LogP contribution in [0.2, 0.25) is 0 Å². The summed E-state index contributed by atoms with van der Waals surface area (Å²) in [5.41, 5.74) is 10.8. The summed E-state index contributed by atoms with van der Waals surface area (Å²) in [7, 11) is 1.74. The Hall–Kier alpha value is -4.13. The first-order valence-electron chi connectivity index (χ1n) is 27.8. The van der Waals surface area contributed by atoms with Crippen molar-refractivity contribution in [1.29, 1.82) is 0 Å². The lowest BCUT2D eigenvalue weighted by atomic mass is 9.82. The molecule has 2 bridgehead atoms. The molecule has 2 unspecified atom stereocenters. The number of rotatable bonds is 17. The van der Waals surface area contributed by atoms with Crippen LogP contribution in [0.25, 0.3) is 33.4 Å². The zero-order chi connectivity index (χ0) is 52.2. The molecule has 10 rings (SSSR count). The lowest BCUT2D eigenvalue weighted by Crippen LogP contribution is -2.58. The number of aromatic nitrogens is 3. The number of benzene rings is 1. The van der Waals surface area contributed by atoms with Crippen LogP contribution in [-0.4, -0.2) is 131 Å². The van der Waals surface area contributed by atoms with Gasteiger partial charge in [-0.2, -0.15) is 0 Å². The number of hydrogen-bond donors (Lipinski definition) is 3. The SMILES string of the molecule is CO[C@@H](C)c1ncc([C@@H]2CCN3CCOC[C@@H]3C2)cc1-c1c(CC(C)(C)CO)c2cc(-c3csc([C@H]4OCCC(=O)[C@@H]5CCCN(N5)C(=O)C4[C@H]4CC4NC(=O)[C@@H]4[C@@H](C)[C@H]4C(C)C)n3)ccc2n1CCOC(C)C. The molecule has 3 N–H and O–H groups in total. The third kappa shape index (κ3) is 10.9. The summed E-state index contributed by atoms with van der Waals surface area (Å²) in [5.74, 6) is 0.691. The Labute approximate surface area is 441 Å². The first kappa shape index (κ1) is 53.3. The van der Waals surface area contributed by atoms with Gasteiger partial charge in [0.1, 0.15) is 11.1 Å². The number of hydrazine groups is 1. The molecule has 4 saturated heterocycles. The van der Waals surface area contributed by atoms with Gasteiger partial charge >= 0.3 is 0 Å². The molecule has 4 aromatic rings. The van der Waals surface area contributed by atoms with E-state index in [0.29, 0.717) is 73.7 Å². The van der Waals surface area contributed by atoms with Crippen molar-refractivity contribution in [3.05, 3.63) is 57.7 Å². The molecule has 2 amide bonds. The van der Waals surface area contributed by atoms with Crippen molar-refractivity contribution in [1.82, 2.24) is 35.2 Å². The van der Waals surface area contributed by atoms with E-state index in [1.54, 1.807) is 12.1 Å². The second-order valence-electron chi connectivity index (χ2n) is 23.8. The molecule has 4 aliphatic heterocycles. The highest BCUT2D eigenvalue weighted by molar-refractivity contribution is 7.10. The molecule has 2 saturated carbocycles. The molecule has 16 heteroatoms. The summed E-state index contributed by atoms with van der Waals surface area (Å²) >= 11 is 1.47. The molecule has 0 radical (unpaired) electrons. The van der Waals surface area contributed by atoms with Crippen molar-refractivity contribution < 1.29 is 38.4 Å². The summed E-state index contributed by atoms with van der Waals surface area (Å²) < 4.78 is 27.4. The number of ketones is 1. The number of fused-ring (bicyclic) bond motifs is 4. The number of hydrogen-bond acceptors (Lipinski definition) is 13. The number of nitrogens with one attached hydrogen (secondary N) is 2. The standard InChI is InChI=1S/C58H81N7O8S/c1-32(2)49-34(5)50(49)55(68)60-45-26-41(45)51-54(73-20-15-48(67)44-11-10-16-65(62-44)57(51)69)56-61-46(30-74-56)37-12-13-47-40(24-37)43(27-58(7,8)31-66)53(64(47)19-22-72-33(3)4)42-25-38(28-59-52(42)35(6)70-9)36-14-17-63-18-21-71-29-39(63)23-36/h12-13,24-25,28,30,32-36,39,41,44-45,49-51,54,62,66H,10-11,14-23,26-27,29,31H2,1-9H3,(H,60,68)/t34-,35-,36+,39-,41-,44-,45?,49+,50+,51?,54-/m0/s1. The third-order valence-corrected chi connectivity index (χ3v) is 18.3. The first-order chi connectivity index (χ1) is 35.5. The lowest BCUT2D eigenvalue weighted by Gasteiger charge is -2.42. The van der Waals surface area contributed by atoms with Crippen molar-refractivity contribution in [2.45, 2.75) is 149 Å². The first-order valence-corrected chi connectivity index (χ1v) is 28.6. The maximum absolute atomic E-state index is 14.9. The topological polar surface area (TPSA) is 170 Å². The molecular weight excluding hydrogens is 955 g/mol. The van der Waals surface area contributed by atoms with Crippen molar-refractivity contribution in [2.24, 2.45) is 40.9 Å². The van der Waals surface area contributed by atoms with E-state index in [0.717, 1.165) is 90.2 Å². The van der Waals surface area contributed by atoms with E-state index in [9.17, 15) is 19.5 Å². The van der Waals surface area contributed by atoms with Gasteiger partial charge in [-0.05, 0) is 130 Å². The minimum atomic E-state index is -0.721. The molecule has 1 aromatic carbocycles. The van der Waals surface area contributed by atoms with Crippen LogP contribution in [0.3, 0.4) is 0 Å². The zero-order valence-electron chi connectivity index (χ0n) is 45.2. The number of nitrogens with zero attached hydrogens (tertiary/aromatic N) is 5. The largest absolute Gasteiger partial charge is 0.396 e. The van der Waals surface area contributed by atoms with Gasteiger partial charge in [0, 0.05) is 91.4 Å². The quantitative estimate of drug-likeness (QED) is 0.0927. The minimum Gasteiger partial charge on any atom is -0.396 e. The molecule has 11 atom stereocenters. The van der Waals surface area contributed by atoms with Crippen molar-refractivity contribution >= 4 is 39.8 Å². The van der Waals surface area contributed by atoms with Gasteiger partial charge in [-0.1, -0.05) is 40.7 Å². The van der Waals surface area contributed by atoms with Crippen LogP contribution in [0.15, 0.2) is 35.8 Å². The summed E-state index contributed by atoms with van der Waals surface area (Å²) in [5, 5.41) is 19.7. The van der Waals surface area contributed by atoms with Crippen LogP contribution in [0.4, 0.5) is 0 Å². The van der Waals surface area contributed by atoms with E-state index in [1.807, 2.05) is 5.38 Å². The van der Waals surface area contributed by atoms with E-state index in [4.69, 9.17) is 28.9 Å². The molecule has 6 aliphatic rings. The summed E-state index contributed by atoms with van der Waals surface area (Å²) in [6.07, 6.45) is 6.07. The molecule has 7 heterocycles. The average molecular weight is 1040 g/mol. The number of methoxy groups -OCH3 is 1. The predicted octanol–water partition coefficient (Wildman–Crippen LogP) is 8.28. The second kappa shape index (κ2) is 22.1. The number of carbonyl (C=O) groups is 3. The van der Waals surface area contributed by atoms with Gasteiger partial charge in [0.2, 0.25) is 11.8 Å². The normalized spacial score (nSPS) is 29.2. The molecule has 0 spiro atoms. The van der Waals surface area contributed by atoms with Gasteiger partial charge in [0.15, 0.2) is 5.78 Å². The van der Waals surface area contributed by atoms with Gasteiger partial charge in [0.05, 0.1) is 67.7 Å². The van der Waals surface area contributed by atoms with Crippen molar-refractivity contribution in [3.63, 3.8) is 0 Å². The molecule has 2 aliphatic carbocycles. The van der Waals surface area contributed by atoms with E-state index >= 15 is 0 Å². The number of amides is 2. The van der Waals surface area contributed by atoms with Crippen LogP contribution >= 0.6 is 11.3 Å². The fraction of sp³-hybridized carbons (Fsp3) is 0.672. The highest BCUT2D eigenvalue weighted by Crippen LogP contribution is 2.53. The van der Waals surface area contributed by atoms with Crippen LogP contribution < -0.4 is 10.7 Å². The molecular formula is C58H81N7O8S. The Balaban J connectivity index is 1.05. The van der Waals surface area contributed by atoms with Crippen LogP contribution in [0.5, 0.6) is 0 Å². The zero-order valence-corrected chi connectivity index (χ0v) is 46.0. The number of piperidine rings is 1. The van der Waals surface area contributed by atoms with Crippen LogP contribution in [0.1, 0.15) is 134 Å². The maximum Gasteiger partial charge on any atom is 0.243 e. The molecule has 74 heavy (non-hydrogen) atoms. The summed E-state index contributed by atoms with van der Waals surface area (Å²) in [6.45, 7) is 22.2. The molecule has 6 fully saturated rings. The number of pyridine rings is 1. The van der Waals surface area contributed by atoms with Crippen molar-refractivity contribution in [3.8, 4) is 22.5 Å². The number of aliphatic hydroxyl groups excluding tert-OH is 1. The average Bonchev–Trinajstić information content (AvgIpc) is 4.21. The molecule has 402 valence electrons. The molecule has 15 nitrogen and oxygen atoms in total. The number of aliphatic hydroxyl groups is 1. The van der Waals surface area contributed by atoms with Crippen molar-refractivity contribution in [2.75, 3.05) is 59.8 Å². The Bertz CT molecular complexity index is 2680. The summed E-state index contributed by atoms with van der Waals surface area (Å²) in [6, 6.07) is 8.73.